The van der Waals surface area contributed by atoms with Crippen molar-refractivity contribution in [1.29, 1.82) is 0 Å². The summed E-state index contributed by atoms with van der Waals surface area (Å²) in [6, 6.07) is 7.42. The highest BCUT2D eigenvalue weighted by Crippen LogP contribution is 2.65. The van der Waals surface area contributed by atoms with Crippen molar-refractivity contribution in [2.75, 3.05) is 0 Å². The van der Waals surface area contributed by atoms with Crippen molar-refractivity contribution in [1.82, 2.24) is 9.97 Å². The number of aryl methyl sites for hydroxylation is 2. The molecule has 244 valence electrons. The summed E-state index contributed by atoms with van der Waals surface area (Å²) in [6.45, 7) is 2.72. The zero-order valence-corrected chi connectivity index (χ0v) is 21.3. The molecule has 1 aromatic heterocycles. The molecule has 0 spiro atoms. The van der Waals surface area contributed by atoms with Crippen molar-refractivity contribution in [3.8, 4) is 11.6 Å². The summed E-state index contributed by atoms with van der Waals surface area (Å²) < 4.78 is 240. The number of alkyl halides is 17. The molecule has 0 aliphatic carbocycles. The van der Waals surface area contributed by atoms with E-state index in [0.29, 0.717) is 5.56 Å². The summed E-state index contributed by atoms with van der Waals surface area (Å²) in [5.74, 6) is -60.1. The molecule has 3 aromatic rings. The van der Waals surface area contributed by atoms with E-state index in [1.807, 2.05) is 0 Å². The summed E-state index contributed by atoms with van der Waals surface area (Å²) in [5, 5.41) is 0. The molecule has 0 saturated heterocycles. The number of hydrogen-bond donors (Lipinski definition) is 0. The Morgan fingerprint density at radius 1 is 0.500 bits per heavy atom. The maximum Gasteiger partial charge on any atom is 0.460 e. The molecule has 0 aliphatic rings. The first-order chi connectivity index (χ1) is 19.6. The molecule has 0 radical (unpaired) electrons. The SMILES string of the molecule is Cc1cc2nc(Oc3ccccc3)c(C(F)(F)C(F)(F)C(F)(F)C(F)(F)C(F)(F)C(F)(F)C(F)(F)C(F)(F)F)nc2cc1C. The molecule has 0 N–H and O–H groups in total. The van der Waals surface area contributed by atoms with Crippen LogP contribution in [0.1, 0.15) is 16.8 Å². The Morgan fingerprint density at radius 3 is 1.32 bits per heavy atom. The van der Waals surface area contributed by atoms with Crippen LogP contribution in [-0.2, 0) is 5.92 Å². The molecule has 0 aliphatic heterocycles. The predicted molar refractivity (Wildman–Crippen MR) is 115 cm³/mol. The van der Waals surface area contributed by atoms with Gasteiger partial charge in [0.25, 0.3) is 0 Å². The Hall–Kier alpha value is -3.61. The monoisotopic (exact) mass is 668 g/mol. The van der Waals surface area contributed by atoms with Gasteiger partial charge in [-0.1, -0.05) is 18.2 Å². The molecule has 0 saturated carbocycles. The zero-order valence-electron chi connectivity index (χ0n) is 21.3. The first-order valence-corrected chi connectivity index (χ1v) is 11.3. The maximum atomic E-state index is 15.2. The van der Waals surface area contributed by atoms with Crippen molar-refractivity contribution in [2.24, 2.45) is 0 Å². The van der Waals surface area contributed by atoms with Crippen LogP contribution >= 0.6 is 0 Å². The van der Waals surface area contributed by atoms with Gasteiger partial charge in [-0.3, -0.25) is 0 Å². The summed E-state index contributed by atoms with van der Waals surface area (Å²) in [6.07, 6.45) is -7.83. The zero-order chi connectivity index (χ0) is 34.1. The van der Waals surface area contributed by atoms with Gasteiger partial charge in [0.2, 0.25) is 5.88 Å². The fourth-order valence-electron chi connectivity index (χ4n) is 3.48. The summed E-state index contributed by atoms with van der Waals surface area (Å²) in [5.41, 5.74) is -3.51. The Labute approximate surface area is 233 Å². The summed E-state index contributed by atoms with van der Waals surface area (Å²) >= 11 is 0. The third kappa shape index (κ3) is 4.83. The number of para-hydroxylation sites is 1. The molecular formula is C24H13F17N2O. The second-order valence-corrected chi connectivity index (χ2v) is 9.24. The van der Waals surface area contributed by atoms with E-state index in [0.717, 1.165) is 36.4 Å². The molecule has 3 rings (SSSR count). The van der Waals surface area contributed by atoms with Crippen LogP contribution in [0.15, 0.2) is 42.5 Å². The van der Waals surface area contributed by atoms with Crippen LogP contribution in [0, 0.1) is 13.8 Å². The average Bonchev–Trinajstić information content (AvgIpc) is 2.88. The normalized spacial score (nSPS) is 14.7. The minimum Gasteiger partial charge on any atom is -0.437 e. The Morgan fingerprint density at radius 2 is 0.886 bits per heavy atom. The molecule has 20 heteroatoms. The largest absolute Gasteiger partial charge is 0.460 e. The lowest BCUT2D eigenvalue weighted by Gasteiger charge is -2.42. The van der Waals surface area contributed by atoms with Crippen molar-refractivity contribution in [3.63, 3.8) is 0 Å². The first kappa shape index (κ1) is 34.9. The van der Waals surface area contributed by atoms with E-state index in [4.69, 9.17) is 4.74 Å². The van der Waals surface area contributed by atoms with Gasteiger partial charge in [0.05, 0.1) is 11.0 Å². The van der Waals surface area contributed by atoms with Crippen LogP contribution in [0.4, 0.5) is 74.6 Å². The fourth-order valence-corrected chi connectivity index (χ4v) is 3.48. The minimum atomic E-state index is -8.74. The van der Waals surface area contributed by atoms with Crippen molar-refractivity contribution in [2.45, 2.75) is 61.5 Å². The van der Waals surface area contributed by atoms with Crippen LogP contribution in [0.3, 0.4) is 0 Å². The van der Waals surface area contributed by atoms with Gasteiger partial charge in [-0.25, -0.2) is 9.97 Å². The van der Waals surface area contributed by atoms with Gasteiger partial charge >= 0.3 is 47.6 Å². The number of benzene rings is 2. The van der Waals surface area contributed by atoms with Crippen LogP contribution in [0.2, 0.25) is 0 Å². The number of aromatic nitrogens is 2. The Balaban J connectivity index is 2.28. The number of fused-ring (bicyclic) bond motifs is 1. The van der Waals surface area contributed by atoms with E-state index in [9.17, 15) is 65.9 Å². The fraction of sp³-hybridized carbons (Fsp3) is 0.417. The molecule has 0 amide bonds. The van der Waals surface area contributed by atoms with E-state index in [1.54, 1.807) is 0 Å². The molecule has 44 heavy (non-hydrogen) atoms. The number of ether oxygens (including phenoxy) is 1. The predicted octanol–water partition coefficient (Wildman–Crippen LogP) is 9.50. The van der Waals surface area contributed by atoms with E-state index < -0.39 is 76.0 Å². The highest BCUT2D eigenvalue weighted by Gasteiger charge is 2.95. The molecular weight excluding hydrogens is 655 g/mol. The summed E-state index contributed by atoms with van der Waals surface area (Å²) in [7, 11) is 0. The van der Waals surface area contributed by atoms with Gasteiger partial charge in [-0.15, -0.1) is 0 Å². The number of nitrogens with zero attached hydrogens (tertiary/aromatic N) is 2. The molecule has 0 unspecified atom stereocenters. The third-order valence-electron chi connectivity index (χ3n) is 6.22. The van der Waals surface area contributed by atoms with Gasteiger partial charge in [-0.05, 0) is 49.2 Å². The topological polar surface area (TPSA) is 35.0 Å². The lowest BCUT2D eigenvalue weighted by atomic mass is 9.88. The van der Waals surface area contributed by atoms with Gasteiger partial charge in [0.1, 0.15) is 5.75 Å². The number of hydrogen-bond acceptors (Lipinski definition) is 3. The Bertz CT molecular complexity index is 1540. The van der Waals surface area contributed by atoms with Crippen LogP contribution in [-0.4, -0.2) is 51.7 Å². The highest BCUT2D eigenvalue weighted by atomic mass is 19.4. The van der Waals surface area contributed by atoms with E-state index in [1.165, 1.54) is 19.9 Å². The quantitative estimate of drug-likeness (QED) is 0.213. The van der Waals surface area contributed by atoms with Crippen molar-refractivity contribution >= 4 is 11.0 Å². The standard InChI is InChI=1S/C24H13F17N2O/c1-10-8-13-14(9-11(10)2)43-16(44-12-6-4-3-5-7-12)15(42-13)17(25,26)18(27,28)19(29,30)20(31,32)21(33,34)22(35,36)23(37,38)24(39,40)41/h3-9H,1-2H3. The second-order valence-electron chi connectivity index (χ2n) is 9.24. The first-order valence-electron chi connectivity index (χ1n) is 11.3. The van der Waals surface area contributed by atoms with Gasteiger partial charge in [0, 0.05) is 0 Å². The highest BCUT2D eigenvalue weighted by molar-refractivity contribution is 5.77. The third-order valence-corrected chi connectivity index (χ3v) is 6.22. The van der Waals surface area contributed by atoms with E-state index in [-0.39, 0.29) is 5.56 Å². The Kier molecular flexibility index (Phi) is 8.10. The van der Waals surface area contributed by atoms with Gasteiger partial charge in [-0.2, -0.15) is 74.6 Å². The molecule has 0 fully saturated rings. The lowest BCUT2D eigenvalue weighted by Crippen LogP contribution is -2.74. The minimum absolute atomic E-state index is 0.175. The van der Waals surface area contributed by atoms with Crippen LogP contribution in [0.25, 0.3) is 11.0 Å². The molecule has 0 atom stereocenters. The van der Waals surface area contributed by atoms with E-state index >= 15 is 8.78 Å². The number of rotatable bonds is 9. The maximum absolute atomic E-state index is 15.2. The molecule has 2 aromatic carbocycles. The van der Waals surface area contributed by atoms with Crippen LogP contribution in [0.5, 0.6) is 11.6 Å². The van der Waals surface area contributed by atoms with Crippen LogP contribution < -0.4 is 4.74 Å². The summed E-state index contributed by atoms with van der Waals surface area (Å²) in [4.78, 5) is 6.41. The molecule has 0 bridgehead atoms. The molecule has 3 nitrogen and oxygen atoms in total. The smallest absolute Gasteiger partial charge is 0.437 e. The number of halogens is 17. The van der Waals surface area contributed by atoms with Gasteiger partial charge < -0.3 is 4.74 Å². The van der Waals surface area contributed by atoms with Crippen molar-refractivity contribution in [3.05, 3.63) is 59.3 Å². The average molecular weight is 668 g/mol. The lowest BCUT2D eigenvalue weighted by molar-refractivity contribution is -0.463. The van der Waals surface area contributed by atoms with Crippen molar-refractivity contribution < 1.29 is 79.4 Å². The second kappa shape index (κ2) is 10.2. The van der Waals surface area contributed by atoms with E-state index in [2.05, 4.69) is 9.97 Å². The van der Waals surface area contributed by atoms with Gasteiger partial charge in [0.15, 0.2) is 5.69 Å². The molecule has 1 heterocycles.